The maximum atomic E-state index is 10.3. The van der Waals surface area contributed by atoms with Gasteiger partial charge in [0.15, 0.2) is 0 Å². The van der Waals surface area contributed by atoms with Crippen molar-refractivity contribution in [1.29, 1.82) is 0 Å². The highest BCUT2D eigenvalue weighted by atomic mass is 16.5. The summed E-state index contributed by atoms with van der Waals surface area (Å²) in [5.74, 6) is 0.171. The molecule has 0 unspecified atom stereocenters. The van der Waals surface area contributed by atoms with Gasteiger partial charge in [-0.3, -0.25) is 4.79 Å². The second-order valence-electron chi connectivity index (χ2n) is 4.10. The summed E-state index contributed by atoms with van der Waals surface area (Å²) < 4.78 is 5.36. The molecule has 0 saturated heterocycles. The quantitative estimate of drug-likeness (QED) is 0.662. The van der Waals surface area contributed by atoms with E-state index in [1.165, 1.54) is 5.56 Å². The fraction of sp³-hybridized carbons (Fsp3) is 0.500. The summed E-state index contributed by atoms with van der Waals surface area (Å²) in [7, 11) is 0. The monoisotopic (exact) mass is 251 g/mol. The van der Waals surface area contributed by atoms with Crippen molar-refractivity contribution in [2.45, 2.75) is 32.7 Å². The SMILES string of the molecule is CCOc1ccc(CNCCCCC(=O)O)cc1. The molecular weight excluding hydrogens is 230 g/mol. The Morgan fingerprint density at radius 2 is 2.00 bits per heavy atom. The number of hydrogen-bond donors (Lipinski definition) is 2. The van der Waals surface area contributed by atoms with Crippen LogP contribution in [0.5, 0.6) is 5.75 Å². The van der Waals surface area contributed by atoms with Crippen LogP contribution in [0.3, 0.4) is 0 Å². The summed E-state index contributed by atoms with van der Waals surface area (Å²) in [6.45, 7) is 4.30. The standard InChI is InChI=1S/C14H21NO3/c1-2-18-13-8-6-12(7-9-13)11-15-10-4-3-5-14(16)17/h6-9,15H,2-5,10-11H2,1H3,(H,16,17). The van der Waals surface area contributed by atoms with E-state index in [2.05, 4.69) is 5.32 Å². The van der Waals surface area contributed by atoms with Gasteiger partial charge in [-0.25, -0.2) is 0 Å². The minimum atomic E-state index is -0.721. The summed E-state index contributed by atoms with van der Waals surface area (Å²) >= 11 is 0. The minimum Gasteiger partial charge on any atom is -0.494 e. The molecular formula is C14H21NO3. The van der Waals surface area contributed by atoms with E-state index in [0.717, 1.165) is 31.7 Å². The molecule has 0 amide bonds. The Bertz CT molecular complexity index is 349. The van der Waals surface area contributed by atoms with Gasteiger partial charge in [-0.15, -0.1) is 0 Å². The fourth-order valence-electron chi connectivity index (χ4n) is 1.63. The Morgan fingerprint density at radius 3 is 2.61 bits per heavy atom. The molecule has 0 radical (unpaired) electrons. The van der Waals surface area contributed by atoms with Crippen LogP contribution in [0.15, 0.2) is 24.3 Å². The maximum Gasteiger partial charge on any atom is 0.303 e. The van der Waals surface area contributed by atoms with Gasteiger partial charge in [-0.2, -0.15) is 0 Å². The zero-order valence-electron chi connectivity index (χ0n) is 10.8. The first-order valence-corrected chi connectivity index (χ1v) is 6.36. The van der Waals surface area contributed by atoms with Crippen LogP contribution in [0.2, 0.25) is 0 Å². The molecule has 0 aliphatic rings. The first-order chi connectivity index (χ1) is 8.72. The minimum absolute atomic E-state index is 0.255. The van der Waals surface area contributed by atoms with Gasteiger partial charge in [0.25, 0.3) is 0 Å². The van der Waals surface area contributed by atoms with Gasteiger partial charge in [0.05, 0.1) is 6.61 Å². The average Bonchev–Trinajstić information content (AvgIpc) is 2.35. The van der Waals surface area contributed by atoms with Gasteiger partial charge >= 0.3 is 5.97 Å². The molecule has 18 heavy (non-hydrogen) atoms. The number of carboxylic acids is 1. The van der Waals surface area contributed by atoms with E-state index in [9.17, 15) is 4.79 Å². The largest absolute Gasteiger partial charge is 0.494 e. The topological polar surface area (TPSA) is 58.6 Å². The molecule has 100 valence electrons. The maximum absolute atomic E-state index is 10.3. The van der Waals surface area contributed by atoms with Crippen molar-refractivity contribution in [2.75, 3.05) is 13.2 Å². The summed E-state index contributed by atoms with van der Waals surface area (Å²) in [6, 6.07) is 8.00. The van der Waals surface area contributed by atoms with E-state index >= 15 is 0 Å². The predicted octanol–water partition coefficient (Wildman–Crippen LogP) is 2.43. The Morgan fingerprint density at radius 1 is 1.28 bits per heavy atom. The summed E-state index contributed by atoms with van der Waals surface area (Å²) in [6.07, 6.45) is 1.87. The van der Waals surface area contributed by atoms with Crippen molar-refractivity contribution in [3.8, 4) is 5.75 Å². The van der Waals surface area contributed by atoms with Crippen molar-refractivity contribution < 1.29 is 14.6 Å². The average molecular weight is 251 g/mol. The number of hydrogen-bond acceptors (Lipinski definition) is 3. The molecule has 1 rings (SSSR count). The van der Waals surface area contributed by atoms with Gasteiger partial charge in [-0.1, -0.05) is 12.1 Å². The van der Waals surface area contributed by atoms with Crippen molar-refractivity contribution >= 4 is 5.97 Å². The lowest BCUT2D eigenvalue weighted by Gasteiger charge is -2.06. The van der Waals surface area contributed by atoms with E-state index < -0.39 is 5.97 Å². The Kier molecular flexibility index (Phi) is 6.87. The Balaban J connectivity index is 2.13. The van der Waals surface area contributed by atoms with E-state index in [1.54, 1.807) is 0 Å². The molecule has 0 spiro atoms. The highest BCUT2D eigenvalue weighted by Gasteiger charge is 1.97. The smallest absolute Gasteiger partial charge is 0.303 e. The van der Waals surface area contributed by atoms with Crippen molar-refractivity contribution in [1.82, 2.24) is 5.32 Å². The van der Waals surface area contributed by atoms with Gasteiger partial charge in [0.2, 0.25) is 0 Å². The number of rotatable bonds is 9. The molecule has 0 fully saturated rings. The lowest BCUT2D eigenvalue weighted by atomic mass is 10.2. The fourth-order valence-corrected chi connectivity index (χ4v) is 1.63. The third-order valence-corrected chi connectivity index (χ3v) is 2.56. The van der Waals surface area contributed by atoms with Crippen molar-refractivity contribution in [3.05, 3.63) is 29.8 Å². The van der Waals surface area contributed by atoms with Crippen LogP contribution in [0, 0.1) is 0 Å². The molecule has 0 saturated carbocycles. The molecule has 0 aliphatic heterocycles. The van der Waals surface area contributed by atoms with Gasteiger partial charge in [0, 0.05) is 13.0 Å². The molecule has 1 aromatic carbocycles. The molecule has 1 aromatic rings. The number of benzene rings is 1. The lowest BCUT2D eigenvalue weighted by Crippen LogP contribution is -2.14. The molecule has 0 heterocycles. The zero-order valence-corrected chi connectivity index (χ0v) is 10.8. The van der Waals surface area contributed by atoms with Gasteiger partial charge in [-0.05, 0) is 44.0 Å². The molecule has 0 aliphatic carbocycles. The number of nitrogens with one attached hydrogen (secondary N) is 1. The van der Waals surface area contributed by atoms with Crippen LogP contribution >= 0.6 is 0 Å². The summed E-state index contributed by atoms with van der Waals surface area (Å²) in [4.78, 5) is 10.3. The second-order valence-corrected chi connectivity index (χ2v) is 4.10. The third-order valence-electron chi connectivity index (χ3n) is 2.56. The highest BCUT2D eigenvalue weighted by molar-refractivity contribution is 5.66. The number of aliphatic carboxylic acids is 1. The number of ether oxygens (including phenoxy) is 1. The van der Waals surface area contributed by atoms with Crippen LogP contribution in [0.4, 0.5) is 0 Å². The Hall–Kier alpha value is -1.55. The molecule has 4 heteroatoms. The van der Waals surface area contributed by atoms with Crippen LogP contribution < -0.4 is 10.1 Å². The van der Waals surface area contributed by atoms with Crippen LogP contribution in [0.1, 0.15) is 31.7 Å². The van der Waals surface area contributed by atoms with Gasteiger partial charge in [0.1, 0.15) is 5.75 Å². The highest BCUT2D eigenvalue weighted by Crippen LogP contribution is 2.11. The first kappa shape index (κ1) is 14.5. The third kappa shape index (κ3) is 6.25. The van der Waals surface area contributed by atoms with Crippen molar-refractivity contribution in [2.24, 2.45) is 0 Å². The van der Waals surface area contributed by atoms with Crippen LogP contribution in [-0.4, -0.2) is 24.2 Å². The van der Waals surface area contributed by atoms with E-state index in [4.69, 9.17) is 9.84 Å². The predicted molar refractivity (Wildman–Crippen MR) is 70.8 cm³/mol. The molecule has 0 atom stereocenters. The van der Waals surface area contributed by atoms with Crippen LogP contribution in [0.25, 0.3) is 0 Å². The van der Waals surface area contributed by atoms with E-state index in [-0.39, 0.29) is 6.42 Å². The molecule has 0 aromatic heterocycles. The lowest BCUT2D eigenvalue weighted by molar-refractivity contribution is -0.137. The Labute approximate surface area is 108 Å². The summed E-state index contributed by atoms with van der Waals surface area (Å²) in [5.41, 5.74) is 1.21. The number of unbranched alkanes of at least 4 members (excludes halogenated alkanes) is 1. The van der Waals surface area contributed by atoms with E-state index in [0.29, 0.717) is 6.61 Å². The first-order valence-electron chi connectivity index (χ1n) is 6.36. The second kappa shape index (κ2) is 8.53. The van der Waals surface area contributed by atoms with Gasteiger partial charge < -0.3 is 15.2 Å². The summed E-state index contributed by atoms with van der Waals surface area (Å²) in [5, 5.41) is 11.8. The molecule has 0 bridgehead atoms. The zero-order chi connectivity index (χ0) is 13.2. The van der Waals surface area contributed by atoms with Crippen LogP contribution in [-0.2, 0) is 11.3 Å². The molecule has 4 nitrogen and oxygen atoms in total. The number of carbonyl (C=O) groups is 1. The number of carboxylic acid groups (broad SMARTS) is 1. The molecule has 2 N–H and O–H groups in total. The normalized spacial score (nSPS) is 10.3. The van der Waals surface area contributed by atoms with E-state index in [1.807, 2.05) is 31.2 Å². The van der Waals surface area contributed by atoms with Crippen molar-refractivity contribution in [3.63, 3.8) is 0 Å².